The van der Waals surface area contributed by atoms with E-state index in [0.717, 1.165) is 38.1 Å². The smallest absolute Gasteiger partial charge is 0.396 e. The normalized spacial score (nSPS) is 15.7. The predicted molar refractivity (Wildman–Crippen MR) is 117 cm³/mol. The summed E-state index contributed by atoms with van der Waals surface area (Å²) in [5.41, 5.74) is 1.37. The van der Waals surface area contributed by atoms with Crippen LogP contribution in [0.3, 0.4) is 0 Å². The minimum absolute atomic E-state index is 0.158. The third kappa shape index (κ3) is 4.64. The molecule has 4 rings (SSSR count). The van der Waals surface area contributed by atoms with Gasteiger partial charge < -0.3 is 19.9 Å². The van der Waals surface area contributed by atoms with Gasteiger partial charge in [-0.3, -0.25) is 0 Å². The average molecular weight is 448 g/mol. The minimum Gasteiger partial charge on any atom is -0.396 e. The summed E-state index contributed by atoms with van der Waals surface area (Å²) in [7, 11) is 0. The summed E-state index contributed by atoms with van der Waals surface area (Å²) in [5, 5.41) is 12.6. The number of alkyl halides is 3. The highest BCUT2D eigenvalue weighted by atomic mass is 19.4. The zero-order valence-electron chi connectivity index (χ0n) is 18.1. The minimum atomic E-state index is -4.35. The molecule has 10 heteroatoms. The number of rotatable bonds is 6. The molecule has 1 aliphatic rings. The first-order valence-corrected chi connectivity index (χ1v) is 10.8. The van der Waals surface area contributed by atoms with E-state index in [4.69, 9.17) is 9.97 Å². The van der Waals surface area contributed by atoms with E-state index in [0.29, 0.717) is 41.0 Å². The molecule has 0 amide bonds. The summed E-state index contributed by atoms with van der Waals surface area (Å²) in [5.74, 6) is 1.44. The molecule has 2 N–H and O–H groups in total. The zero-order chi connectivity index (χ0) is 22.9. The lowest BCUT2D eigenvalue weighted by Gasteiger charge is -2.31. The van der Waals surface area contributed by atoms with Crippen molar-refractivity contribution in [2.45, 2.75) is 45.5 Å². The maximum atomic E-state index is 12.8. The van der Waals surface area contributed by atoms with Crippen LogP contribution in [-0.2, 0) is 12.7 Å². The van der Waals surface area contributed by atoms with Gasteiger partial charge >= 0.3 is 6.18 Å². The van der Waals surface area contributed by atoms with Crippen LogP contribution in [0.4, 0.5) is 24.9 Å². The molecule has 0 bridgehead atoms. The number of halogens is 3. The number of aromatic nitrogens is 4. The fraction of sp³-hybridized carbons (Fsp3) is 0.500. The van der Waals surface area contributed by atoms with Crippen LogP contribution in [0.1, 0.15) is 43.9 Å². The highest BCUT2D eigenvalue weighted by Gasteiger charge is 2.30. The van der Waals surface area contributed by atoms with Crippen molar-refractivity contribution in [3.63, 3.8) is 0 Å². The Labute approximate surface area is 184 Å². The van der Waals surface area contributed by atoms with Gasteiger partial charge in [0.25, 0.3) is 0 Å². The number of aliphatic hydroxyl groups is 1. The molecule has 3 aromatic rings. The van der Waals surface area contributed by atoms with Crippen molar-refractivity contribution < 1.29 is 18.3 Å². The van der Waals surface area contributed by atoms with E-state index < -0.39 is 11.7 Å². The number of aliphatic hydroxyl groups excluding tert-OH is 1. The van der Waals surface area contributed by atoms with E-state index in [9.17, 15) is 18.3 Å². The maximum absolute atomic E-state index is 12.8. The Kier molecular flexibility index (Phi) is 6.23. The van der Waals surface area contributed by atoms with Crippen LogP contribution in [0, 0.1) is 5.92 Å². The molecule has 0 atom stereocenters. The van der Waals surface area contributed by atoms with E-state index in [1.807, 2.05) is 18.4 Å². The van der Waals surface area contributed by atoms with E-state index >= 15 is 0 Å². The van der Waals surface area contributed by atoms with E-state index in [1.165, 1.54) is 12.1 Å². The van der Waals surface area contributed by atoms with Crippen LogP contribution >= 0.6 is 0 Å². The van der Waals surface area contributed by atoms with Gasteiger partial charge in [-0.25, -0.2) is 4.98 Å². The van der Waals surface area contributed by atoms with Gasteiger partial charge in [-0.2, -0.15) is 23.1 Å². The van der Waals surface area contributed by atoms with Crippen LogP contribution in [0.15, 0.2) is 30.6 Å². The number of benzene rings is 1. The molecule has 3 heterocycles. The number of hydrogen-bond acceptors (Lipinski definition) is 6. The Balaban J connectivity index is 1.61. The standard InChI is InChI=1S/C22H27F3N6O/c1-14(2)31-13-27-18-19(26-11-15-3-5-17(6-4-15)22(23,24)25)28-21(29-20(18)31)30-9-7-16(12-32)8-10-30/h3-6,13-14,16,32H,7-12H2,1-2H3,(H,26,28,29). The summed E-state index contributed by atoms with van der Waals surface area (Å²) in [4.78, 5) is 16.1. The van der Waals surface area contributed by atoms with E-state index in [2.05, 4.69) is 15.2 Å². The molecule has 2 aromatic heterocycles. The van der Waals surface area contributed by atoms with Gasteiger partial charge in [0, 0.05) is 32.3 Å². The van der Waals surface area contributed by atoms with Crippen molar-refractivity contribution in [3.05, 3.63) is 41.7 Å². The lowest BCUT2D eigenvalue weighted by molar-refractivity contribution is -0.137. The Bertz CT molecular complexity index is 1060. The Morgan fingerprint density at radius 1 is 1.12 bits per heavy atom. The number of fused-ring (bicyclic) bond motifs is 1. The Morgan fingerprint density at radius 2 is 1.81 bits per heavy atom. The number of nitrogens with one attached hydrogen (secondary N) is 1. The van der Waals surface area contributed by atoms with Crippen molar-refractivity contribution in [2.24, 2.45) is 5.92 Å². The molecular formula is C22H27F3N6O. The Hall–Kier alpha value is -2.88. The third-order valence-electron chi connectivity index (χ3n) is 5.86. The molecule has 0 aliphatic carbocycles. The molecule has 0 radical (unpaired) electrons. The van der Waals surface area contributed by atoms with Gasteiger partial charge in [0.05, 0.1) is 11.9 Å². The highest BCUT2D eigenvalue weighted by molar-refractivity contribution is 5.84. The lowest BCUT2D eigenvalue weighted by atomic mass is 9.98. The maximum Gasteiger partial charge on any atom is 0.416 e. The van der Waals surface area contributed by atoms with Crippen LogP contribution < -0.4 is 10.2 Å². The van der Waals surface area contributed by atoms with Gasteiger partial charge in [0.15, 0.2) is 17.0 Å². The molecule has 0 spiro atoms. The molecule has 1 saturated heterocycles. The lowest BCUT2D eigenvalue weighted by Crippen LogP contribution is -2.36. The van der Waals surface area contributed by atoms with Crippen molar-refractivity contribution in [2.75, 3.05) is 29.9 Å². The largest absolute Gasteiger partial charge is 0.416 e. The second-order valence-electron chi connectivity index (χ2n) is 8.45. The number of hydrogen-bond donors (Lipinski definition) is 2. The monoisotopic (exact) mass is 448 g/mol. The first-order valence-electron chi connectivity index (χ1n) is 10.8. The van der Waals surface area contributed by atoms with Gasteiger partial charge in [0.2, 0.25) is 5.95 Å². The summed E-state index contributed by atoms with van der Waals surface area (Å²) in [6.07, 6.45) is -0.882. The molecule has 7 nitrogen and oxygen atoms in total. The van der Waals surface area contributed by atoms with Crippen molar-refractivity contribution in [1.82, 2.24) is 19.5 Å². The van der Waals surface area contributed by atoms with Crippen LogP contribution in [0.2, 0.25) is 0 Å². The molecule has 0 unspecified atom stereocenters. The van der Waals surface area contributed by atoms with Crippen LogP contribution in [-0.4, -0.2) is 44.3 Å². The molecule has 172 valence electrons. The highest BCUT2D eigenvalue weighted by Crippen LogP contribution is 2.30. The predicted octanol–water partition coefficient (Wildman–Crippen LogP) is 4.25. The van der Waals surface area contributed by atoms with Crippen molar-refractivity contribution in [3.8, 4) is 0 Å². The van der Waals surface area contributed by atoms with E-state index in [1.54, 1.807) is 6.33 Å². The number of piperidine rings is 1. The summed E-state index contributed by atoms with van der Waals surface area (Å²) in [6.45, 7) is 6.10. The molecule has 32 heavy (non-hydrogen) atoms. The zero-order valence-corrected chi connectivity index (χ0v) is 18.1. The molecular weight excluding hydrogens is 421 g/mol. The number of imidazole rings is 1. The van der Waals surface area contributed by atoms with Crippen molar-refractivity contribution in [1.29, 1.82) is 0 Å². The number of nitrogens with zero attached hydrogens (tertiary/aromatic N) is 5. The first kappa shape index (κ1) is 22.3. The fourth-order valence-electron chi connectivity index (χ4n) is 3.86. The topological polar surface area (TPSA) is 79.1 Å². The second kappa shape index (κ2) is 8.93. The van der Waals surface area contributed by atoms with Crippen LogP contribution in [0.25, 0.3) is 11.2 Å². The SMILES string of the molecule is CC(C)n1cnc2c(NCc3ccc(C(F)(F)F)cc3)nc(N3CCC(CO)CC3)nc21. The first-order chi connectivity index (χ1) is 15.3. The fourth-order valence-corrected chi connectivity index (χ4v) is 3.86. The molecule has 0 saturated carbocycles. The van der Waals surface area contributed by atoms with Gasteiger partial charge in [-0.1, -0.05) is 12.1 Å². The third-order valence-corrected chi connectivity index (χ3v) is 5.86. The van der Waals surface area contributed by atoms with Gasteiger partial charge in [-0.15, -0.1) is 0 Å². The Morgan fingerprint density at radius 3 is 2.41 bits per heavy atom. The summed E-state index contributed by atoms with van der Waals surface area (Å²) < 4.78 is 40.4. The van der Waals surface area contributed by atoms with Gasteiger partial charge in [-0.05, 0) is 50.3 Å². The average Bonchev–Trinajstić information content (AvgIpc) is 3.22. The summed E-state index contributed by atoms with van der Waals surface area (Å²) in [6, 6.07) is 5.24. The van der Waals surface area contributed by atoms with Crippen molar-refractivity contribution >= 4 is 22.9 Å². The molecule has 1 aliphatic heterocycles. The van der Waals surface area contributed by atoms with E-state index in [-0.39, 0.29) is 12.6 Å². The quantitative estimate of drug-likeness (QED) is 0.587. The van der Waals surface area contributed by atoms with Crippen LogP contribution in [0.5, 0.6) is 0 Å². The molecule has 1 fully saturated rings. The summed E-state index contributed by atoms with van der Waals surface area (Å²) >= 11 is 0. The molecule has 1 aromatic carbocycles. The second-order valence-corrected chi connectivity index (χ2v) is 8.45. The van der Waals surface area contributed by atoms with Gasteiger partial charge in [0.1, 0.15) is 0 Å². The number of anilines is 2.